The van der Waals surface area contributed by atoms with Gasteiger partial charge in [-0.3, -0.25) is 4.79 Å². The molecule has 0 aromatic heterocycles. The highest BCUT2D eigenvalue weighted by Crippen LogP contribution is 2.21. The summed E-state index contributed by atoms with van der Waals surface area (Å²) in [5.74, 6) is -0.678. The molecule has 2 unspecified atom stereocenters. The number of rotatable bonds is 6. The minimum absolute atomic E-state index is 0.0467. The molecule has 0 saturated heterocycles. The second-order valence-corrected chi connectivity index (χ2v) is 5.34. The first-order valence-electron chi connectivity index (χ1n) is 5.74. The summed E-state index contributed by atoms with van der Waals surface area (Å²) in [5.41, 5.74) is 0.405. The zero-order chi connectivity index (χ0) is 14.4. The Labute approximate surface area is 115 Å². The van der Waals surface area contributed by atoms with Crippen molar-refractivity contribution in [2.45, 2.75) is 25.6 Å². The van der Waals surface area contributed by atoms with Crippen molar-refractivity contribution < 1.29 is 24.9 Å². The van der Waals surface area contributed by atoms with Crippen molar-refractivity contribution in [3.05, 3.63) is 35.4 Å². The zero-order valence-corrected chi connectivity index (χ0v) is 11.3. The molecule has 104 valence electrons. The van der Waals surface area contributed by atoms with Crippen molar-refractivity contribution in [1.82, 2.24) is 0 Å². The number of aliphatic hydroxyl groups excluding tert-OH is 2. The first-order valence-corrected chi connectivity index (χ1v) is 6.73. The summed E-state index contributed by atoms with van der Waals surface area (Å²) in [4.78, 5) is 21.5. The van der Waals surface area contributed by atoms with E-state index in [4.69, 9.17) is 5.11 Å². The molecule has 19 heavy (non-hydrogen) atoms. The SMILES string of the molecule is CC(=O)SCCC(O)C(O)c1cccc(C(=O)O)c1. The van der Waals surface area contributed by atoms with E-state index >= 15 is 0 Å². The van der Waals surface area contributed by atoms with Crippen LogP contribution >= 0.6 is 11.8 Å². The highest BCUT2D eigenvalue weighted by molar-refractivity contribution is 8.13. The van der Waals surface area contributed by atoms with Crippen molar-refractivity contribution in [3.8, 4) is 0 Å². The molecular weight excluding hydrogens is 268 g/mol. The van der Waals surface area contributed by atoms with Crippen molar-refractivity contribution >= 4 is 22.8 Å². The van der Waals surface area contributed by atoms with Gasteiger partial charge in [-0.25, -0.2) is 4.79 Å². The molecule has 6 heteroatoms. The van der Waals surface area contributed by atoms with Crippen LogP contribution in [0.5, 0.6) is 0 Å². The molecule has 0 fully saturated rings. The Kier molecular flexibility index (Phi) is 6.01. The lowest BCUT2D eigenvalue weighted by Gasteiger charge is -2.18. The smallest absolute Gasteiger partial charge is 0.335 e. The van der Waals surface area contributed by atoms with Crippen molar-refractivity contribution in [3.63, 3.8) is 0 Å². The van der Waals surface area contributed by atoms with Gasteiger partial charge in [-0.05, 0) is 24.1 Å². The van der Waals surface area contributed by atoms with Crippen LogP contribution in [0.15, 0.2) is 24.3 Å². The summed E-state index contributed by atoms with van der Waals surface area (Å²) < 4.78 is 0. The van der Waals surface area contributed by atoms with Crippen molar-refractivity contribution in [2.24, 2.45) is 0 Å². The lowest BCUT2D eigenvalue weighted by atomic mass is 10.0. The van der Waals surface area contributed by atoms with Gasteiger partial charge in [-0.2, -0.15) is 0 Å². The second kappa shape index (κ2) is 7.28. The molecular formula is C13H16O5S. The monoisotopic (exact) mass is 284 g/mol. The van der Waals surface area contributed by atoms with Crippen LogP contribution in [-0.2, 0) is 4.79 Å². The molecule has 0 heterocycles. The fourth-order valence-corrected chi connectivity index (χ4v) is 2.21. The van der Waals surface area contributed by atoms with Gasteiger partial charge >= 0.3 is 5.97 Å². The summed E-state index contributed by atoms with van der Waals surface area (Å²) in [7, 11) is 0. The van der Waals surface area contributed by atoms with Crippen LogP contribution < -0.4 is 0 Å². The lowest BCUT2D eigenvalue weighted by Crippen LogP contribution is -2.19. The minimum atomic E-state index is -1.16. The summed E-state index contributed by atoms with van der Waals surface area (Å²) >= 11 is 1.08. The fraction of sp³-hybridized carbons (Fsp3) is 0.385. The maximum atomic E-state index is 10.8. The van der Waals surface area contributed by atoms with E-state index in [1.54, 1.807) is 6.07 Å². The quantitative estimate of drug-likeness (QED) is 0.732. The Morgan fingerprint density at radius 2 is 2.00 bits per heavy atom. The first kappa shape index (κ1) is 15.7. The van der Waals surface area contributed by atoms with Gasteiger partial charge in [0.05, 0.1) is 11.7 Å². The average Bonchev–Trinajstić information content (AvgIpc) is 2.37. The number of carbonyl (C=O) groups is 2. The van der Waals surface area contributed by atoms with Crippen molar-refractivity contribution in [1.29, 1.82) is 0 Å². The van der Waals surface area contributed by atoms with Gasteiger partial charge in [0.1, 0.15) is 6.10 Å². The third kappa shape index (κ3) is 5.02. The Morgan fingerprint density at radius 1 is 1.32 bits per heavy atom. The molecule has 3 N–H and O–H groups in total. The Bertz CT molecular complexity index is 460. The number of carboxylic acids is 1. The molecule has 0 aliphatic carbocycles. The Hall–Kier alpha value is -1.37. The molecule has 0 radical (unpaired) electrons. The number of hydrogen-bond acceptors (Lipinski definition) is 5. The van der Waals surface area contributed by atoms with E-state index in [9.17, 15) is 19.8 Å². The minimum Gasteiger partial charge on any atom is -0.478 e. The highest BCUT2D eigenvalue weighted by atomic mass is 32.2. The van der Waals surface area contributed by atoms with Crippen molar-refractivity contribution in [2.75, 3.05) is 5.75 Å². The van der Waals surface area contributed by atoms with Crippen LogP contribution in [0.25, 0.3) is 0 Å². The fourth-order valence-electron chi connectivity index (χ4n) is 1.56. The molecule has 2 atom stereocenters. The first-order chi connectivity index (χ1) is 8.91. The van der Waals surface area contributed by atoms with Crippen LogP contribution in [0.1, 0.15) is 35.4 Å². The molecule has 1 rings (SSSR count). The normalized spacial score (nSPS) is 13.8. The summed E-state index contributed by atoms with van der Waals surface area (Å²) in [6.45, 7) is 1.43. The van der Waals surface area contributed by atoms with Gasteiger partial charge in [0.25, 0.3) is 0 Å². The van der Waals surface area contributed by atoms with Crippen LogP contribution in [0, 0.1) is 0 Å². The third-order valence-electron chi connectivity index (χ3n) is 2.56. The summed E-state index contributed by atoms with van der Waals surface area (Å²) in [6.07, 6.45) is -1.94. The number of carbonyl (C=O) groups excluding carboxylic acids is 1. The maximum Gasteiger partial charge on any atom is 0.335 e. The molecule has 1 aromatic carbocycles. The Morgan fingerprint density at radius 3 is 2.58 bits per heavy atom. The third-order valence-corrected chi connectivity index (χ3v) is 3.40. The molecule has 0 saturated carbocycles. The van der Waals surface area contributed by atoms with Crippen LogP contribution in [0.4, 0.5) is 0 Å². The lowest BCUT2D eigenvalue weighted by molar-refractivity contribution is -0.109. The van der Waals surface area contributed by atoms with Crippen LogP contribution in [0.3, 0.4) is 0 Å². The predicted molar refractivity (Wildman–Crippen MR) is 72.1 cm³/mol. The predicted octanol–water partition coefficient (Wildman–Crippen LogP) is 1.45. The van der Waals surface area contributed by atoms with E-state index in [1.165, 1.54) is 25.1 Å². The van der Waals surface area contributed by atoms with Gasteiger partial charge in [-0.1, -0.05) is 23.9 Å². The number of carboxylic acid groups (broad SMARTS) is 1. The largest absolute Gasteiger partial charge is 0.478 e. The number of aromatic carboxylic acids is 1. The van der Waals surface area contributed by atoms with Gasteiger partial charge in [0, 0.05) is 12.7 Å². The zero-order valence-electron chi connectivity index (χ0n) is 10.4. The van der Waals surface area contributed by atoms with E-state index in [1.807, 2.05) is 0 Å². The summed E-state index contributed by atoms with van der Waals surface area (Å²) in [6, 6.07) is 5.81. The van der Waals surface area contributed by atoms with E-state index in [0.29, 0.717) is 11.3 Å². The highest BCUT2D eigenvalue weighted by Gasteiger charge is 2.19. The standard InChI is InChI=1S/C13H16O5S/c1-8(14)19-6-5-11(15)12(16)9-3-2-4-10(7-9)13(17)18/h2-4,7,11-12,15-16H,5-6H2,1H3,(H,17,18). The van der Waals surface area contributed by atoms with Gasteiger partial charge in [-0.15, -0.1) is 0 Å². The molecule has 0 aliphatic rings. The van der Waals surface area contributed by atoms with E-state index in [-0.39, 0.29) is 17.1 Å². The molecule has 0 amide bonds. The number of aliphatic hydroxyl groups is 2. The summed E-state index contributed by atoms with van der Waals surface area (Å²) in [5, 5.41) is 28.5. The number of hydrogen-bond donors (Lipinski definition) is 3. The molecule has 0 spiro atoms. The van der Waals surface area contributed by atoms with Gasteiger partial charge in [0.2, 0.25) is 0 Å². The van der Waals surface area contributed by atoms with E-state index in [2.05, 4.69) is 0 Å². The van der Waals surface area contributed by atoms with E-state index in [0.717, 1.165) is 11.8 Å². The number of thioether (sulfide) groups is 1. The van der Waals surface area contributed by atoms with Crippen LogP contribution in [-0.4, -0.2) is 38.3 Å². The average molecular weight is 284 g/mol. The van der Waals surface area contributed by atoms with Gasteiger partial charge < -0.3 is 15.3 Å². The number of benzene rings is 1. The molecule has 0 aliphatic heterocycles. The van der Waals surface area contributed by atoms with E-state index < -0.39 is 18.2 Å². The topological polar surface area (TPSA) is 94.8 Å². The molecule has 1 aromatic rings. The second-order valence-electron chi connectivity index (χ2n) is 4.07. The van der Waals surface area contributed by atoms with Gasteiger partial charge in [0.15, 0.2) is 5.12 Å². The Balaban J connectivity index is 2.65. The molecule has 0 bridgehead atoms. The molecule has 5 nitrogen and oxygen atoms in total. The van der Waals surface area contributed by atoms with Crippen LogP contribution in [0.2, 0.25) is 0 Å². The maximum absolute atomic E-state index is 10.8.